The van der Waals surface area contributed by atoms with E-state index in [1.54, 1.807) is 11.3 Å². The third-order valence-corrected chi connectivity index (χ3v) is 5.58. The molecule has 0 unspecified atom stereocenters. The van der Waals surface area contributed by atoms with Gasteiger partial charge in [0.05, 0.1) is 0 Å². The van der Waals surface area contributed by atoms with Crippen LogP contribution in [0.4, 0.5) is 0 Å². The molecule has 0 bridgehead atoms. The van der Waals surface area contributed by atoms with Crippen molar-refractivity contribution in [3.63, 3.8) is 0 Å². The summed E-state index contributed by atoms with van der Waals surface area (Å²) in [6, 6.07) is 7.67. The van der Waals surface area contributed by atoms with Gasteiger partial charge in [-0.2, -0.15) is 0 Å². The molecule has 114 valence electrons. The number of fused-ring (bicyclic) bond motifs is 1. The van der Waals surface area contributed by atoms with Crippen LogP contribution < -0.4 is 0 Å². The largest absolute Gasteiger partial charge is 0.294 e. The molecule has 0 N–H and O–H groups in total. The minimum Gasteiger partial charge on any atom is -0.294 e. The Kier molecular flexibility index (Phi) is 4.25. The van der Waals surface area contributed by atoms with Crippen molar-refractivity contribution >= 4 is 22.9 Å². The molecule has 1 aliphatic carbocycles. The van der Waals surface area contributed by atoms with E-state index in [-0.39, 0.29) is 11.6 Å². The Morgan fingerprint density at radius 3 is 2.50 bits per heavy atom. The average Bonchev–Trinajstić information content (AvgIpc) is 3.07. The summed E-state index contributed by atoms with van der Waals surface area (Å²) in [6.45, 7) is 3.91. The maximum absolute atomic E-state index is 12.5. The van der Waals surface area contributed by atoms with Crippen LogP contribution in [0.15, 0.2) is 24.3 Å². The topological polar surface area (TPSA) is 34.1 Å². The molecule has 3 rings (SSSR count). The molecule has 2 aromatic rings. The Hall–Kier alpha value is -1.74. The molecule has 1 aromatic heterocycles. The number of carbonyl (C=O) groups excluding carboxylic acids is 2. The fourth-order valence-electron chi connectivity index (χ4n) is 3.07. The van der Waals surface area contributed by atoms with E-state index in [2.05, 4.69) is 0 Å². The van der Waals surface area contributed by atoms with Gasteiger partial charge >= 0.3 is 0 Å². The van der Waals surface area contributed by atoms with E-state index in [4.69, 9.17) is 0 Å². The van der Waals surface area contributed by atoms with E-state index < -0.39 is 0 Å². The zero-order valence-corrected chi connectivity index (χ0v) is 13.9. The number of ketones is 2. The van der Waals surface area contributed by atoms with Gasteiger partial charge in [0, 0.05) is 33.7 Å². The van der Waals surface area contributed by atoms with Crippen molar-refractivity contribution in [2.24, 2.45) is 0 Å². The van der Waals surface area contributed by atoms with Crippen LogP contribution in [-0.2, 0) is 19.3 Å². The summed E-state index contributed by atoms with van der Waals surface area (Å²) in [5, 5.41) is 0. The third-order valence-electron chi connectivity index (χ3n) is 4.29. The molecule has 2 nitrogen and oxygen atoms in total. The van der Waals surface area contributed by atoms with Crippen molar-refractivity contribution < 1.29 is 9.59 Å². The lowest BCUT2D eigenvalue weighted by Gasteiger charge is -2.05. The van der Waals surface area contributed by atoms with E-state index in [1.165, 1.54) is 10.4 Å². The zero-order chi connectivity index (χ0) is 15.7. The molecule has 0 amide bonds. The molecule has 0 fully saturated rings. The van der Waals surface area contributed by atoms with Crippen molar-refractivity contribution in [1.29, 1.82) is 0 Å². The first-order valence-corrected chi connectivity index (χ1v) is 8.68. The highest BCUT2D eigenvalue weighted by molar-refractivity contribution is 7.12. The first kappa shape index (κ1) is 15.2. The van der Waals surface area contributed by atoms with E-state index in [0.29, 0.717) is 12.8 Å². The Balaban J connectivity index is 1.90. The fraction of sp³-hybridized carbons (Fsp3) is 0.368. The molecular weight excluding hydrogens is 292 g/mol. The Morgan fingerprint density at radius 2 is 1.82 bits per heavy atom. The maximum atomic E-state index is 12.5. The van der Waals surface area contributed by atoms with Crippen LogP contribution in [0.3, 0.4) is 0 Å². The summed E-state index contributed by atoms with van der Waals surface area (Å²) in [6.07, 6.45) is 4.04. The van der Waals surface area contributed by atoms with Crippen LogP contribution in [0, 0.1) is 6.92 Å². The number of benzene rings is 1. The summed E-state index contributed by atoms with van der Waals surface area (Å²) in [7, 11) is 0. The molecule has 0 radical (unpaired) electrons. The number of thiophene rings is 1. The molecule has 1 aromatic carbocycles. The lowest BCUT2D eigenvalue weighted by molar-refractivity contribution is 0.0986. The van der Waals surface area contributed by atoms with Crippen molar-refractivity contribution in [3.05, 3.63) is 56.3 Å². The van der Waals surface area contributed by atoms with Gasteiger partial charge in [0.2, 0.25) is 0 Å². The Morgan fingerprint density at radius 1 is 1.09 bits per heavy atom. The van der Waals surface area contributed by atoms with Crippen LogP contribution in [0.25, 0.3) is 0 Å². The number of carbonyl (C=O) groups is 2. The van der Waals surface area contributed by atoms with Gasteiger partial charge in [-0.3, -0.25) is 9.59 Å². The number of Topliss-reactive ketones (excluding diaryl/α,β-unsaturated/α-hetero) is 2. The van der Waals surface area contributed by atoms with Crippen LogP contribution in [0.5, 0.6) is 0 Å². The van der Waals surface area contributed by atoms with Gasteiger partial charge in [-0.05, 0) is 31.7 Å². The smallest absolute Gasteiger partial charge is 0.168 e. The molecule has 1 aliphatic rings. The van der Waals surface area contributed by atoms with Gasteiger partial charge in [-0.25, -0.2) is 0 Å². The SMILES string of the molecule is CCC(=O)c1c(CC(=O)c2ccc(C)cc2)sc2c1CCC2. The quantitative estimate of drug-likeness (QED) is 0.758. The molecule has 3 heteroatoms. The molecule has 0 atom stereocenters. The van der Waals surface area contributed by atoms with Crippen LogP contribution in [0.1, 0.15) is 61.4 Å². The van der Waals surface area contributed by atoms with Gasteiger partial charge in [0.1, 0.15) is 0 Å². The minimum atomic E-state index is 0.102. The summed E-state index contributed by atoms with van der Waals surface area (Å²) in [5.41, 5.74) is 3.96. The van der Waals surface area contributed by atoms with Gasteiger partial charge in [-0.1, -0.05) is 36.8 Å². The summed E-state index contributed by atoms with van der Waals surface area (Å²) in [4.78, 5) is 27.1. The standard InChI is InChI=1S/C19H20O2S/c1-3-15(20)19-14-5-4-6-17(14)22-18(19)11-16(21)13-9-7-12(2)8-10-13/h7-10H,3-6,11H2,1-2H3. The molecule has 0 spiro atoms. The molecule has 0 saturated heterocycles. The van der Waals surface area contributed by atoms with Crippen LogP contribution in [-0.4, -0.2) is 11.6 Å². The first-order chi connectivity index (χ1) is 10.6. The van der Waals surface area contributed by atoms with Crippen molar-refractivity contribution in [1.82, 2.24) is 0 Å². The summed E-state index contributed by atoms with van der Waals surface area (Å²) < 4.78 is 0. The fourth-order valence-corrected chi connectivity index (χ4v) is 4.49. The monoisotopic (exact) mass is 312 g/mol. The second kappa shape index (κ2) is 6.17. The van der Waals surface area contributed by atoms with Gasteiger partial charge in [0.25, 0.3) is 0 Å². The predicted molar refractivity (Wildman–Crippen MR) is 90.2 cm³/mol. The maximum Gasteiger partial charge on any atom is 0.168 e. The second-order valence-corrected chi connectivity index (χ2v) is 7.09. The Bertz CT molecular complexity index is 723. The Labute approximate surface area is 135 Å². The van der Waals surface area contributed by atoms with Crippen molar-refractivity contribution in [3.8, 4) is 0 Å². The molecule has 22 heavy (non-hydrogen) atoms. The second-order valence-electron chi connectivity index (χ2n) is 5.90. The highest BCUT2D eigenvalue weighted by Crippen LogP contribution is 2.36. The number of aryl methyl sites for hydroxylation is 2. The molecule has 0 saturated carbocycles. The minimum absolute atomic E-state index is 0.102. The third kappa shape index (κ3) is 2.78. The average molecular weight is 312 g/mol. The lowest BCUT2D eigenvalue weighted by atomic mass is 9.98. The zero-order valence-electron chi connectivity index (χ0n) is 13.1. The summed E-state index contributed by atoms with van der Waals surface area (Å²) >= 11 is 1.68. The molecule has 0 aliphatic heterocycles. The van der Waals surface area contributed by atoms with Crippen LogP contribution in [0.2, 0.25) is 0 Å². The van der Waals surface area contributed by atoms with E-state index in [9.17, 15) is 9.59 Å². The van der Waals surface area contributed by atoms with E-state index in [0.717, 1.165) is 40.8 Å². The van der Waals surface area contributed by atoms with Crippen LogP contribution >= 0.6 is 11.3 Å². The summed E-state index contributed by atoms with van der Waals surface area (Å²) in [5.74, 6) is 0.288. The van der Waals surface area contributed by atoms with Crippen molar-refractivity contribution in [2.45, 2.75) is 46.0 Å². The van der Waals surface area contributed by atoms with E-state index in [1.807, 2.05) is 38.1 Å². The van der Waals surface area contributed by atoms with Gasteiger partial charge < -0.3 is 0 Å². The predicted octanol–water partition coefficient (Wildman–Crippen LogP) is 4.56. The first-order valence-electron chi connectivity index (χ1n) is 7.86. The normalized spacial score (nSPS) is 13.2. The molecule has 1 heterocycles. The van der Waals surface area contributed by atoms with Gasteiger partial charge in [-0.15, -0.1) is 11.3 Å². The number of rotatable bonds is 5. The van der Waals surface area contributed by atoms with Crippen molar-refractivity contribution in [2.75, 3.05) is 0 Å². The number of hydrogen-bond acceptors (Lipinski definition) is 3. The van der Waals surface area contributed by atoms with E-state index >= 15 is 0 Å². The highest BCUT2D eigenvalue weighted by atomic mass is 32.1. The lowest BCUT2D eigenvalue weighted by Crippen LogP contribution is -2.08. The number of hydrogen-bond donors (Lipinski definition) is 0. The highest BCUT2D eigenvalue weighted by Gasteiger charge is 2.26. The molecular formula is C19H20O2S. The van der Waals surface area contributed by atoms with Gasteiger partial charge in [0.15, 0.2) is 11.6 Å².